The number of carbonyl (C=O) groups is 1. The van der Waals surface area contributed by atoms with Crippen LogP contribution < -0.4 is 0 Å². The van der Waals surface area contributed by atoms with Gasteiger partial charge in [0.15, 0.2) is 0 Å². The van der Waals surface area contributed by atoms with Crippen molar-refractivity contribution in [1.82, 2.24) is 10.1 Å². The summed E-state index contributed by atoms with van der Waals surface area (Å²) < 4.78 is 42.8. The van der Waals surface area contributed by atoms with Gasteiger partial charge in [-0.1, -0.05) is 23.4 Å². The molecule has 2 rings (SSSR count). The molecule has 1 aromatic heterocycles. The second kappa shape index (κ2) is 4.25. The molecule has 0 fully saturated rings. The first-order chi connectivity index (χ1) is 8.39. The van der Waals surface area contributed by atoms with Gasteiger partial charge in [0.2, 0.25) is 11.6 Å². The van der Waals surface area contributed by atoms with E-state index in [-0.39, 0.29) is 17.3 Å². The molecule has 0 unspecified atom stereocenters. The minimum absolute atomic E-state index is 0.221. The number of hydrogen-bond donors (Lipinski definition) is 0. The van der Waals surface area contributed by atoms with Gasteiger partial charge in [0.25, 0.3) is 5.89 Å². The number of rotatable bonds is 2. The first kappa shape index (κ1) is 12.3. The molecule has 0 aliphatic rings. The van der Waals surface area contributed by atoms with Crippen molar-refractivity contribution >= 4 is 5.78 Å². The van der Waals surface area contributed by atoms with Crippen molar-refractivity contribution in [3.8, 4) is 11.4 Å². The van der Waals surface area contributed by atoms with Crippen molar-refractivity contribution in [2.45, 2.75) is 13.1 Å². The molecule has 0 atom stereocenters. The van der Waals surface area contributed by atoms with E-state index in [1.165, 1.54) is 25.1 Å². The second-order valence-corrected chi connectivity index (χ2v) is 3.52. The molecule has 2 aromatic rings. The number of aromatic nitrogens is 2. The highest BCUT2D eigenvalue weighted by molar-refractivity contribution is 5.89. The Bertz CT molecular complexity index is 590. The minimum Gasteiger partial charge on any atom is -0.330 e. The molecule has 0 aliphatic carbocycles. The maximum Gasteiger partial charge on any atom is 0.417 e. The Morgan fingerprint density at radius 3 is 2.50 bits per heavy atom. The Morgan fingerprint density at radius 2 is 1.94 bits per heavy atom. The van der Waals surface area contributed by atoms with Crippen LogP contribution in [0, 0.1) is 0 Å². The Morgan fingerprint density at radius 1 is 1.28 bits per heavy atom. The van der Waals surface area contributed by atoms with Gasteiger partial charge in [0.1, 0.15) is 0 Å². The first-order valence-corrected chi connectivity index (χ1v) is 4.91. The lowest BCUT2D eigenvalue weighted by atomic mass is 10.1. The van der Waals surface area contributed by atoms with Gasteiger partial charge in [-0.3, -0.25) is 4.79 Å². The summed E-state index contributed by atoms with van der Waals surface area (Å²) >= 11 is 0. The Labute approximate surface area is 99.4 Å². The van der Waals surface area contributed by atoms with Crippen LogP contribution in [0.2, 0.25) is 0 Å². The van der Waals surface area contributed by atoms with Gasteiger partial charge in [0, 0.05) is 12.5 Å². The van der Waals surface area contributed by atoms with Gasteiger partial charge in [-0.2, -0.15) is 18.2 Å². The number of Topliss-reactive ketones (excluding diaryl/α,β-unsaturated/α-hetero) is 1. The van der Waals surface area contributed by atoms with E-state index in [1.807, 2.05) is 0 Å². The average molecular weight is 256 g/mol. The van der Waals surface area contributed by atoms with Crippen molar-refractivity contribution in [3.63, 3.8) is 0 Å². The van der Waals surface area contributed by atoms with Gasteiger partial charge < -0.3 is 4.52 Å². The molecule has 94 valence electrons. The van der Waals surface area contributed by atoms with Gasteiger partial charge in [-0.25, -0.2) is 0 Å². The third-order valence-electron chi connectivity index (χ3n) is 2.20. The zero-order chi connectivity index (χ0) is 13.3. The first-order valence-electron chi connectivity index (χ1n) is 4.91. The zero-order valence-corrected chi connectivity index (χ0v) is 9.15. The lowest BCUT2D eigenvalue weighted by molar-refractivity contribution is -0.137. The third kappa shape index (κ3) is 2.24. The smallest absolute Gasteiger partial charge is 0.330 e. The highest BCUT2D eigenvalue weighted by Gasteiger charge is 2.34. The van der Waals surface area contributed by atoms with E-state index in [4.69, 9.17) is 0 Å². The number of nitrogens with zero attached hydrogens (tertiary/aromatic N) is 2. The maximum absolute atomic E-state index is 12.7. The fraction of sp³-hybridized carbons (Fsp3) is 0.182. The molecule has 0 aliphatic heterocycles. The number of halogens is 3. The number of benzene rings is 1. The quantitative estimate of drug-likeness (QED) is 0.775. The van der Waals surface area contributed by atoms with Crippen LogP contribution in [0.15, 0.2) is 28.8 Å². The average Bonchev–Trinajstić information content (AvgIpc) is 2.77. The summed E-state index contributed by atoms with van der Waals surface area (Å²) in [4.78, 5) is 14.6. The predicted molar refractivity (Wildman–Crippen MR) is 54.7 cm³/mol. The summed E-state index contributed by atoms with van der Waals surface area (Å²) in [5.74, 6) is -1.08. The predicted octanol–water partition coefficient (Wildman–Crippen LogP) is 2.96. The van der Waals surface area contributed by atoms with Crippen LogP contribution in [0.1, 0.15) is 23.2 Å². The standard InChI is InChI=1S/C11H7F3N2O2/c1-6(17)10-15-9(16-18-10)7-4-2-3-5-8(7)11(12,13)14/h2-5H,1H3. The molecule has 4 nitrogen and oxygen atoms in total. The van der Waals surface area contributed by atoms with Crippen LogP contribution in [0.4, 0.5) is 13.2 Å². The van der Waals surface area contributed by atoms with E-state index >= 15 is 0 Å². The van der Waals surface area contributed by atoms with Crippen molar-refractivity contribution in [2.75, 3.05) is 0 Å². The van der Waals surface area contributed by atoms with Gasteiger partial charge in [0.05, 0.1) is 5.56 Å². The van der Waals surface area contributed by atoms with E-state index in [1.54, 1.807) is 0 Å². The molecule has 0 spiro atoms. The van der Waals surface area contributed by atoms with E-state index in [0.717, 1.165) is 6.07 Å². The maximum atomic E-state index is 12.7. The molecular formula is C11H7F3N2O2. The molecule has 7 heteroatoms. The normalized spacial score (nSPS) is 11.6. The van der Waals surface area contributed by atoms with E-state index in [0.29, 0.717) is 0 Å². The van der Waals surface area contributed by atoms with E-state index in [9.17, 15) is 18.0 Å². The summed E-state index contributed by atoms with van der Waals surface area (Å²) in [5.41, 5.74) is -1.10. The van der Waals surface area contributed by atoms with Crippen molar-refractivity contribution < 1.29 is 22.5 Å². The highest BCUT2D eigenvalue weighted by Crippen LogP contribution is 2.35. The minimum atomic E-state index is -4.52. The highest BCUT2D eigenvalue weighted by atomic mass is 19.4. The lowest BCUT2D eigenvalue weighted by Gasteiger charge is -2.09. The molecule has 1 aromatic carbocycles. The molecule has 0 radical (unpaired) electrons. The zero-order valence-electron chi connectivity index (χ0n) is 9.15. The van der Waals surface area contributed by atoms with Crippen LogP contribution in [-0.4, -0.2) is 15.9 Å². The summed E-state index contributed by atoms with van der Waals surface area (Å²) in [6.07, 6.45) is -4.52. The molecule has 1 heterocycles. The van der Waals surface area contributed by atoms with Crippen molar-refractivity contribution in [2.24, 2.45) is 0 Å². The number of hydrogen-bond acceptors (Lipinski definition) is 4. The Balaban J connectivity index is 2.53. The molecule has 0 saturated carbocycles. The Hall–Kier alpha value is -2.18. The number of carbonyl (C=O) groups excluding carboxylic acids is 1. The van der Waals surface area contributed by atoms with Crippen molar-refractivity contribution in [3.05, 3.63) is 35.7 Å². The summed E-state index contributed by atoms with van der Waals surface area (Å²) in [7, 11) is 0. The fourth-order valence-electron chi connectivity index (χ4n) is 1.40. The van der Waals surface area contributed by atoms with Crippen molar-refractivity contribution in [1.29, 1.82) is 0 Å². The largest absolute Gasteiger partial charge is 0.417 e. The van der Waals surface area contributed by atoms with Crippen LogP contribution >= 0.6 is 0 Å². The van der Waals surface area contributed by atoms with Crippen LogP contribution in [0.3, 0.4) is 0 Å². The molecule has 0 amide bonds. The van der Waals surface area contributed by atoms with Gasteiger partial charge >= 0.3 is 6.18 Å². The summed E-state index contributed by atoms with van der Waals surface area (Å²) in [6.45, 7) is 1.19. The van der Waals surface area contributed by atoms with Gasteiger partial charge in [-0.15, -0.1) is 0 Å². The summed E-state index contributed by atoms with van der Waals surface area (Å²) in [5, 5.41) is 3.37. The molecule has 18 heavy (non-hydrogen) atoms. The molecular weight excluding hydrogens is 249 g/mol. The second-order valence-electron chi connectivity index (χ2n) is 3.52. The van der Waals surface area contributed by atoms with E-state index in [2.05, 4.69) is 14.7 Å². The summed E-state index contributed by atoms with van der Waals surface area (Å²) in [6, 6.07) is 4.82. The lowest BCUT2D eigenvalue weighted by Crippen LogP contribution is -2.07. The molecule has 0 N–H and O–H groups in total. The van der Waals surface area contributed by atoms with Crippen LogP contribution in [0.5, 0.6) is 0 Å². The SMILES string of the molecule is CC(=O)c1nc(-c2ccccc2C(F)(F)F)no1. The van der Waals surface area contributed by atoms with Crippen LogP contribution in [-0.2, 0) is 6.18 Å². The fourth-order valence-corrected chi connectivity index (χ4v) is 1.40. The Kier molecular flexibility index (Phi) is 2.90. The molecule has 0 saturated heterocycles. The third-order valence-corrected chi connectivity index (χ3v) is 2.20. The monoisotopic (exact) mass is 256 g/mol. The van der Waals surface area contributed by atoms with Gasteiger partial charge in [-0.05, 0) is 6.07 Å². The topological polar surface area (TPSA) is 56.0 Å². The van der Waals surface area contributed by atoms with E-state index < -0.39 is 17.5 Å². The molecule has 0 bridgehead atoms. The number of alkyl halides is 3. The number of ketones is 1. The van der Waals surface area contributed by atoms with Crippen LogP contribution in [0.25, 0.3) is 11.4 Å².